The van der Waals surface area contributed by atoms with Crippen LogP contribution in [0.5, 0.6) is 0 Å². The fraction of sp³-hybridized carbons (Fsp3) is 0.370. The Hall–Kier alpha value is -3.45. The van der Waals surface area contributed by atoms with Gasteiger partial charge in [-0.1, -0.05) is 30.7 Å². The number of aromatic nitrogens is 3. The molecule has 1 fully saturated rings. The zero-order valence-electron chi connectivity index (χ0n) is 20.0. The highest BCUT2D eigenvalue weighted by Crippen LogP contribution is 2.32. The van der Waals surface area contributed by atoms with Crippen LogP contribution in [0, 0.1) is 0 Å². The molecular formula is C27H31N5O2. The van der Waals surface area contributed by atoms with Crippen molar-refractivity contribution in [3.8, 4) is 11.1 Å². The minimum Gasteiger partial charge on any atom is -0.465 e. The molecule has 1 aromatic carbocycles. The number of likely N-dealkylation sites (tertiary alicyclic amines) is 1. The number of H-pyrrole nitrogens is 1. The standard InChI is InChI=1S/C27H31N5O2/c1-27(2,3)32(26(33)34)24-14-21-22-13-20(15-29-25(22)30-23(21)16-28-24)19-9-7-18(8-10-19)17-31-11-5-4-6-12-31/h7-10,13-16H,4-6,11-12,17H2,1-3H3,(H,29,30)(H,33,34). The highest BCUT2D eigenvalue weighted by molar-refractivity contribution is 6.08. The van der Waals surface area contributed by atoms with Crippen molar-refractivity contribution in [3.05, 3.63) is 54.4 Å². The maximum atomic E-state index is 11.9. The minimum absolute atomic E-state index is 0.404. The van der Waals surface area contributed by atoms with E-state index in [2.05, 4.69) is 50.2 Å². The normalized spacial score (nSPS) is 15.1. The molecule has 3 aromatic heterocycles. The van der Waals surface area contributed by atoms with Gasteiger partial charge in [0.25, 0.3) is 0 Å². The lowest BCUT2D eigenvalue weighted by Gasteiger charge is -2.32. The highest BCUT2D eigenvalue weighted by atomic mass is 16.4. The molecule has 0 aliphatic carbocycles. The molecule has 1 saturated heterocycles. The molecule has 0 spiro atoms. The van der Waals surface area contributed by atoms with Crippen LogP contribution in [0.4, 0.5) is 10.6 Å². The Balaban J connectivity index is 1.48. The molecule has 1 aliphatic rings. The number of anilines is 1. The average molecular weight is 458 g/mol. The molecule has 5 rings (SSSR count). The van der Waals surface area contributed by atoms with Gasteiger partial charge < -0.3 is 10.1 Å². The molecule has 176 valence electrons. The number of aromatic amines is 1. The number of rotatable bonds is 4. The zero-order chi connectivity index (χ0) is 23.9. The molecule has 7 heteroatoms. The number of benzene rings is 1. The Morgan fingerprint density at radius 1 is 1.00 bits per heavy atom. The molecule has 1 aliphatic heterocycles. The van der Waals surface area contributed by atoms with E-state index in [1.165, 1.54) is 42.8 Å². The summed E-state index contributed by atoms with van der Waals surface area (Å²) in [6, 6.07) is 12.7. The first kappa shape index (κ1) is 22.3. The number of hydrogen-bond acceptors (Lipinski definition) is 4. The summed E-state index contributed by atoms with van der Waals surface area (Å²) in [6.45, 7) is 8.96. The van der Waals surface area contributed by atoms with Gasteiger partial charge >= 0.3 is 6.09 Å². The van der Waals surface area contributed by atoms with E-state index in [1.54, 1.807) is 6.20 Å². The van der Waals surface area contributed by atoms with Crippen LogP contribution in [0.15, 0.2) is 48.8 Å². The number of pyridine rings is 2. The van der Waals surface area contributed by atoms with Gasteiger partial charge in [0, 0.05) is 34.6 Å². The Labute approximate surface area is 199 Å². The van der Waals surface area contributed by atoms with E-state index in [1.807, 2.05) is 33.0 Å². The Morgan fingerprint density at radius 3 is 2.41 bits per heavy atom. The van der Waals surface area contributed by atoms with E-state index < -0.39 is 11.6 Å². The fourth-order valence-corrected chi connectivity index (χ4v) is 4.85. The summed E-state index contributed by atoms with van der Waals surface area (Å²) in [7, 11) is 0. The predicted octanol–water partition coefficient (Wildman–Crippen LogP) is 6.05. The SMILES string of the molecule is CC(C)(C)N(C(=O)O)c1cc2c(cn1)[nH]c1ncc(-c3ccc(CN4CCCCC4)cc3)cc12. The summed E-state index contributed by atoms with van der Waals surface area (Å²) in [5, 5.41) is 11.6. The van der Waals surface area contributed by atoms with Gasteiger partial charge in [-0.3, -0.25) is 9.80 Å². The smallest absolute Gasteiger partial charge is 0.413 e. The van der Waals surface area contributed by atoms with E-state index in [4.69, 9.17) is 0 Å². The first-order valence-electron chi connectivity index (χ1n) is 11.9. The van der Waals surface area contributed by atoms with Crippen molar-refractivity contribution in [2.24, 2.45) is 0 Å². The van der Waals surface area contributed by atoms with Crippen molar-refractivity contribution in [1.29, 1.82) is 0 Å². The van der Waals surface area contributed by atoms with E-state index in [0.717, 1.165) is 39.6 Å². The fourth-order valence-electron chi connectivity index (χ4n) is 4.85. The van der Waals surface area contributed by atoms with Gasteiger partial charge in [-0.05, 0) is 70.0 Å². The molecule has 0 radical (unpaired) electrons. The van der Waals surface area contributed by atoms with Gasteiger partial charge in [0.1, 0.15) is 11.5 Å². The molecule has 0 saturated carbocycles. The molecule has 0 atom stereocenters. The van der Waals surface area contributed by atoms with Crippen LogP contribution >= 0.6 is 0 Å². The molecule has 0 unspecified atom stereocenters. The lowest BCUT2D eigenvalue weighted by atomic mass is 10.0. The van der Waals surface area contributed by atoms with Gasteiger partial charge in [0.2, 0.25) is 0 Å². The average Bonchev–Trinajstić information content (AvgIpc) is 3.16. The number of carboxylic acid groups (broad SMARTS) is 1. The molecule has 4 aromatic rings. The van der Waals surface area contributed by atoms with Crippen LogP contribution in [0.25, 0.3) is 33.1 Å². The topological polar surface area (TPSA) is 85.3 Å². The van der Waals surface area contributed by atoms with Crippen molar-refractivity contribution in [1.82, 2.24) is 19.9 Å². The second-order valence-electron chi connectivity index (χ2n) is 10.2. The number of piperidine rings is 1. The lowest BCUT2D eigenvalue weighted by Crippen LogP contribution is -2.45. The monoisotopic (exact) mass is 457 g/mol. The van der Waals surface area contributed by atoms with E-state index >= 15 is 0 Å². The third-order valence-electron chi connectivity index (χ3n) is 6.55. The molecule has 2 N–H and O–H groups in total. The molecular weight excluding hydrogens is 426 g/mol. The first-order chi connectivity index (χ1) is 16.3. The molecule has 4 heterocycles. The van der Waals surface area contributed by atoms with Gasteiger partial charge in [-0.25, -0.2) is 14.8 Å². The zero-order valence-corrected chi connectivity index (χ0v) is 20.0. The van der Waals surface area contributed by atoms with Gasteiger partial charge in [-0.2, -0.15) is 0 Å². The Bertz CT molecular complexity index is 1330. The predicted molar refractivity (Wildman–Crippen MR) is 136 cm³/mol. The Morgan fingerprint density at radius 2 is 1.74 bits per heavy atom. The van der Waals surface area contributed by atoms with Crippen LogP contribution in [0.1, 0.15) is 45.6 Å². The molecule has 0 bridgehead atoms. The first-order valence-corrected chi connectivity index (χ1v) is 11.9. The largest absolute Gasteiger partial charge is 0.465 e. The maximum Gasteiger partial charge on any atom is 0.413 e. The van der Waals surface area contributed by atoms with Crippen molar-refractivity contribution >= 4 is 33.8 Å². The second-order valence-corrected chi connectivity index (χ2v) is 10.2. The number of hydrogen-bond donors (Lipinski definition) is 2. The van der Waals surface area contributed by atoms with Crippen LogP contribution in [0.2, 0.25) is 0 Å². The van der Waals surface area contributed by atoms with Gasteiger partial charge in [-0.15, -0.1) is 0 Å². The summed E-state index contributed by atoms with van der Waals surface area (Å²) in [5.41, 5.74) is 4.46. The third kappa shape index (κ3) is 4.35. The van der Waals surface area contributed by atoms with Crippen LogP contribution in [-0.2, 0) is 6.54 Å². The maximum absolute atomic E-state index is 11.9. The molecule has 7 nitrogen and oxygen atoms in total. The number of fused-ring (bicyclic) bond motifs is 3. The van der Waals surface area contributed by atoms with Gasteiger partial charge in [0.05, 0.1) is 11.7 Å². The summed E-state index contributed by atoms with van der Waals surface area (Å²) in [5.74, 6) is 0.404. The van der Waals surface area contributed by atoms with Crippen LogP contribution in [-0.4, -0.2) is 49.7 Å². The highest BCUT2D eigenvalue weighted by Gasteiger charge is 2.29. The Kier molecular flexibility index (Phi) is 5.73. The molecule has 34 heavy (non-hydrogen) atoms. The quantitative estimate of drug-likeness (QED) is 0.390. The number of nitrogens with zero attached hydrogens (tertiary/aromatic N) is 4. The second kappa shape index (κ2) is 8.72. The van der Waals surface area contributed by atoms with Crippen molar-refractivity contribution in [2.75, 3.05) is 18.0 Å². The van der Waals surface area contributed by atoms with Crippen molar-refractivity contribution in [3.63, 3.8) is 0 Å². The van der Waals surface area contributed by atoms with Crippen LogP contribution < -0.4 is 4.90 Å². The van der Waals surface area contributed by atoms with E-state index in [-0.39, 0.29) is 0 Å². The third-order valence-corrected chi connectivity index (χ3v) is 6.55. The molecule has 1 amide bonds. The summed E-state index contributed by atoms with van der Waals surface area (Å²) >= 11 is 0. The van der Waals surface area contributed by atoms with E-state index in [9.17, 15) is 9.90 Å². The van der Waals surface area contributed by atoms with Crippen molar-refractivity contribution < 1.29 is 9.90 Å². The lowest BCUT2D eigenvalue weighted by molar-refractivity contribution is 0.195. The summed E-state index contributed by atoms with van der Waals surface area (Å²) in [4.78, 5) is 28.1. The van der Waals surface area contributed by atoms with E-state index in [0.29, 0.717) is 5.82 Å². The van der Waals surface area contributed by atoms with Gasteiger partial charge in [0.15, 0.2) is 0 Å². The number of amides is 1. The summed E-state index contributed by atoms with van der Waals surface area (Å²) < 4.78 is 0. The van der Waals surface area contributed by atoms with Crippen LogP contribution in [0.3, 0.4) is 0 Å². The minimum atomic E-state index is -1.03. The number of carbonyl (C=O) groups is 1. The summed E-state index contributed by atoms with van der Waals surface area (Å²) in [6.07, 6.45) is 6.48. The number of nitrogens with one attached hydrogen (secondary N) is 1. The van der Waals surface area contributed by atoms with Crippen molar-refractivity contribution in [2.45, 2.75) is 52.1 Å².